The third kappa shape index (κ3) is 2.77. The Kier molecular flexibility index (Phi) is 3.55. The van der Waals surface area contributed by atoms with E-state index in [1.807, 2.05) is 18.2 Å². The second kappa shape index (κ2) is 6.18. The Hall–Kier alpha value is -3.35. The van der Waals surface area contributed by atoms with Gasteiger partial charge in [0.25, 0.3) is 0 Å². The third-order valence-corrected chi connectivity index (χ3v) is 4.61. The van der Waals surface area contributed by atoms with E-state index in [0.29, 0.717) is 11.8 Å². The third-order valence-electron chi connectivity index (χ3n) is 4.61. The number of fused-ring (bicyclic) bond motifs is 2. The van der Waals surface area contributed by atoms with E-state index in [0.717, 1.165) is 36.7 Å². The van der Waals surface area contributed by atoms with Gasteiger partial charge in [0.2, 0.25) is 12.7 Å². The highest BCUT2D eigenvalue weighted by Crippen LogP contribution is 2.35. The zero-order chi connectivity index (χ0) is 17.3. The monoisotopic (exact) mass is 347 g/mol. The molecule has 0 saturated heterocycles. The molecule has 0 atom stereocenters. The molecular formula is C19H17N5O2. The summed E-state index contributed by atoms with van der Waals surface area (Å²) in [5.41, 5.74) is 3.58. The van der Waals surface area contributed by atoms with E-state index in [2.05, 4.69) is 49.7 Å². The fraction of sp³-hybridized carbons (Fsp3) is 0.211. The van der Waals surface area contributed by atoms with E-state index in [4.69, 9.17) is 9.47 Å². The van der Waals surface area contributed by atoms with Crippen molar-refractivity contribution in [2.45, 2.75) is 13.0 Å². The van der Waals surface area contributed by atoms with Gasteiger partial charge in [-0.15, -0.1) is 5.10 Å². The molecule has 0 fully saturated rings. The Labute approximate surface area is 150 Å². The molecule has 2 aromatic carbocycles. The molecule has 0 radical (unpaired) electrons. The van der Waals surface area contributed by atoms with Crippen LogP contribution in [0.25, 0.3) is 0 Å². The molecule has 0 saturated carbocycles. The summed E-state index contributed by atoms with van der Waals surface area (Å²) < 4.78 is 10.7. The van der Waals surface area contributed by atoms with Crippen LogP contribution in [0.4, 0.5) is 17.5 Å². The molecule has 7 heteroatoms. The first kappa shape index (κ1) is 14.9. The SMILES string of the molecule is c1ccc2c(c1)CCN(c1nncc(Nc3ccc4c(c3)OCO4)n1)C2. The van der Waals surface area contributed by atoms with Crippen molar-refractivity contribution in [3.05, 3.63) is 59.8 Å². The number of anilines is 3. The van der Waals surface area contributed by atoms with Crippen LogP contribution in [-0.4, -0.2) is 28.5 Å². The van der Waals surface area contributed by atoms with Gasteiger partial charge >= 0.3 is 0 Å². The first-order chi connectivity index (χ1) is 12.8. The van der Waals surface area contributed by atoms with Crippen LogP contribution in [0.2, 0.25) is 0 Å². The summed E-state index contributed by atoms with van der Waals surface area (Å²) in [6.45, 7) is 1.94. The highest BCUT2D eigenvalue weighted by atomic mass is 16.7. The number of benzene rings is 2. The molecule has 1 N–H and O–H groups in total. The number of nitrogens with one attached hydrogen (secondary N) is 1. The van der Waals surface area contributed by atoms with E-state index in [9.17, 15) is 0 Å². The zero-order valence-electron chi connectivity index (χ0n) is 14.1. The summed E-state index contributed by atoms with van der Waals surface area (Å²) in [6, 6.07) is 14.2. The molecule has 7 nitrogen and oxygen atoms in total. The quantitative estimate of drug-likeness (QED) is 0.781. The number of hydrogen-bond acceptors (Lipinski definition) is 7. The Morgan fingerprint density at radius 2 is 1.88 bits per heavy atom. The number of rotatable bonds is 3. The van der Waals surface area contributed by atoms with Crippen LogP contribution in [0.3, 0.4) is 0 Å². The standard InChI is InChI=1S/C19H17N5O2/c1-2-4-14-11-24(8-7-13(14)3-1)19-22-18(10-20-23-19)21-15-5-6-16-17(9-15)26-12-25-16/h1-6,9-10H,7-8,11-12H2,(H,21,22,23). The van der Waals surface area contributed by atoms with Gasteiger partial charge in [-0.2, -0.15) is 10.1 Å². The molecule has 1 aromatic heterocycles. The lowest BCUT2D eigenvalue weighted by Gasteiger charge is -2.28. The van der Waals surface area contributed by atoms with Gasteiger partial charge < -0.3 is 19.7 Å². The van der Waals surface area contributed by atoms with Crippen LogP contribution in [-0.2, 0) is 13.0 Å². The topological polar surface area (TPSA) is 72.4 Å². The smallest absolute Gasteiger partial charge is 0.247 e. The molecule has 2 aliphatic heterocycles. The van der Waals surface area contributed by atoms with Crippen LogP contribution in [0.5, 0.6) is 11.5 Å². The summed E-state index contributed by atoms with van der Waals surface area (Å²) in [6.07, 6.45) is 2.60. The van der Waals surface area contributed by atoms with E-state index in [-0.39, 0.29) is 6.79 Å². The van der Waals surface area contributed by atoms with E-state index >= 15 is 0 Å². The first-order valence-electron chi connectivity index (χ1n) is 8.53. The summed E-state index contributed by atoms with van der Waals surface area (Å²) in [7, 11) is 0. The number of ether oxygens (including phenoxy) is 2. The van der Waals surface area contributed by atoms with Crippen LogP contribution >= 0.6 is 0 Å². The maximum Gasteiger partial charge on any atom is 0.247 e. The van der Waals surface area contributed by atoms with Gasteiger partial charge in [0.15, 0.2) is 17.3 Å². The summed E-state index contributed by atoms with van der Waals surface area (Å²) in [5.74, 6) is 2.76. The highest BCUT2D eigenvalue weighted by molar-refractivity contribution is 5.62. The Morgan fingerprint density at radius 1 is 1.00 bits per heavy atom. The number of hydrogen-bond donors (Lipinski definition) is 1. The second-order valence-electron chi connectivity index (χ2n) is 6.27. The fourth-order valence-electron chi connectivity index (χ4n) is 3.28. The van der Waals surface area contributed by atoms with E-state index < -0.39 is 0 Å². The minimum Gasteiger partial charge on any atom is -0.454 e. The Bertz CT molecular complexity index is 962. The zero-order valence-corrected chi connectivity index (χ0v) is 14.1. The van der Waals surface area contributed by atoms with Crippen molar-refractivity contribution >= 4 is 17.5 Å². The largest absolute Gasteiger partial charge is 0.454 e. The van der Waals surface area contributed by atoms with Crippen molar-refractivity contribution in [1.29, 1.82) is 0 Å². The number of nitrogens with zero attached hydrogens (tertiary/aromatic N) is 4. The van der Waals surface area contributed by atoms with Crippen LogP contribution in [0.15, 0.2) is 48.7 Å². The van der Waals surface area contributed by atoms with E-state index in [1.165, 1.54) is 11.1 Å². The minimum atomic E-state index is 0.258. The summed E-state index contributed by atoms with van der Waals surface area (Å²) in [5, 5.41) is 11.6. The highest BCUT2D eigenvalue weighted by Gasteiger charge is 2.19. The normalized spacial score (nSPS) is 14.8. The molecule has 0 unspecified atom stereocenters. The number of aromatic nitrogens is 3. The lowest BCUT2D eigenvalue weighted by Crippen LogP contribution is -2.32. The predicted molar refractivity (Wildman–Crippen MR) is 96.9 cm³/mol. The van der Waals surface area contributed by atoms with Crippen LogP contribution in [0.1, 0.15) is 11.1 Å². The van der Waals surface area contributed by atoms with Crippen molar-refractivity contribution < 1.29 is 9.47 Å². The predicted octanol–water partition coefficient (Wildman–Crippen LogP) is 2.91. The molecule has 2 aliphatic rings. The van der Waals surface area contributed by atoms with Gasteiger partial charge in [0.1, 0.15) is 0 Å². The lowest BCUT2D eigenvalue weighted by molar-refractivity contribution is 0.174. The van der Waals surface area contributed by atoms with Gasteiger partial charge in [0.05, 0.1) is 6.20 Å². The van der Waals surface area contributed by atoms with Gasteiger partial charge in [-0.3, -0.25) is 0 Å². The molecule has 0 bridgehead atoms. The average molecular weight is 347 g/mol. The van der Waals surface area contributed by atoms with Gasteiger partial charge in [-0.05, 0) is 29.7 Å². The molecule has 0 aliphatic carbocycles. The van der Waals surface area contributed by atoms with Crippen LogP contribution in [0, 0.1) is 0 Å². The van der Waals surface area contributed by atoms with Crippen molar-refractivity contribution in [2.75, 3.05) is 23.6 Å². The van der Waals surface area contributed by atoms with E-state index in [1.54, 1.807) is 6.20 Å². The van der Waals surface area contributed by atoms with Crippen molar-refractivity contribution in [3.8, 4) is 11.5 Å². The molecule has 0 spiro atoms. The van der Waals surface area contributed by atoms with Crippen molar-refractivity contribution in [3.63, 3.8) is 0 Å². The van der Waals surface area contributed by atoms with Gasteiger partial charge in [-0.1, -0.05) is 24.3 Å². The molecular weight excluding hydrogens is 330 g/mol. The average Bonchev–Trinajstić information content (AvgIpc) is 3.16. The molecule has 26 heavy (non-hydrogen) atoms. The first-order valence-corrected chi connectivity index (χ1v) is 8.53. The fourth-order valence-corrected chi connectivity index (χ4v) is 3.28. The van der Waals surface area contributed by atoms with Crippen LogP contribution < -0.4 is 19.7 Å². The summed E-state index contributed by atoms with van der Waals surface area (Å²) >= 11 is 0. The Balaban J connectivity index is 1.36. The minimum absolute atomic E-state index is 0.258. The second-order valence-corrected chi connectivity index (χ2v) is 6.27. The maximum absolute atomic E-state index is 5.41. The Morgan fingerprint density at radius 3 is 2.85 bits per heavy atom. The lowest BCUT2D eigenvalue weighted by atomic mass is 10.0. The van der Waals surface area contributed by atoms with Gasteiger partial charge in [-0.25, -0.2) is 0 Å². The molecule has 0 amide bonds. The molecule has 5 rings (SSSR count). The molecule has 3 heterocycles. The van der Waals surface area contributed by atoms with Crippen molar-refractivity contribution in [1.82, 2.24) is 15.2 Å². The molecule has 130 valence electrons. The summed E-state index contributed by atoms with van der Waals surface area (Å²) in [4.78, 5) is 6.78. The maximum atomic E-state index is 5.41. The van der Waals surface area contributed by atoms with Crippen molar-refractivity contribution in [2.24, 2.45) is 0 Å². The van der Waals surface area contributed by atoms with Gasteiger partial charge in [0, 0.05) is 24.8 Å². The molecule has 3 aromatic rings.